The molecule has 0 bridgehead atoms. The average Bonchev–Trinajstić information content (AvgIpc) is 2.47. The van der Waals surface area contributed by atoms with Gasteiger partial charge < -0.3 is 4.90 Å². The van der Waals surface area contributed by atoms with Gasteiger partial charge in [0.2, 0.25) is 5.91 Å². The normalized spacial score (nSPS) is 10.3. The van der Waals surface area contributed by atoms with Crippen LogP contribution in [0.15, 0.2) is 48.5 Å². The number of alkyl halides is 1. The van der Waals surface area contributed by atoms with E-state index in [1.807, 2.05) is 31.2 Å². The Balaban J connectivity index is 2.37. The van der Waals surface area contributed by atoms with Crippen LogP contribution in [0.25, 0.3) is 0 Å². The van der Waals surface area contributed by atoms with Crippen LogP contribution in [0.1, 0.15) is 11.1 Å². The Morgan fingerprint density at radius 2 is 1.80 bits per heavy atom. The Labute approximate surface area is 122 Å². The molecule has 0 atom stereocenters. The third-order valence-electron chi connectivity index (χ3n) is 3.11. The Bertz CT molecular complexity index is 615. The quantitative estimate of drug-likeness (QED) is 0.782. The Kier molecular flexibility index (Phi) is 4.74. The predicted molar refractivity (Wildman–Crippen MR) is 79.5 cm³/mol. The molecule has 0 aliphatic carbocycles. The summed E-state index contributed by atoms with van der Waals surface area (Å²) in [6.07, 6.45) is 0. The molecule has 2 aromatic carbocycles. The van der Waals surface area contributed by atoms with Crippen molar-refractivity contribution in [2.24, 2.45) is 0 Å². The van der Waals surface area contributed by atoms with Crippen LogP contribution in [0.5, 0.6) is 0 Å². The number of rotatable bonds is 4. The van der Waals surface area contributed by atoms with E-state index in [1.165, 1.54) is 11.0 Å². The molecule has 0 radical (unpaired) electrons. The topological polar surface area (TPSA) is 20.3 Å². The monoisotopic (exact) mass is 291 g/mol. The van der Waals surface area contributed by atoms with Gasteiger partial charge in [-0.25, -0.2) is 4.39 Å². The van der Waals surface area contributed by atoms with Crippen LogP contribution in [-0.2, 0) is 11.3 Å². The molecule has 0 saturated heterocycles. The third-order valence-corrected chi connectivity index (χ3v) is 3.34. The molecule has 1 amide bonds. The summed E-state index contributed by atoms with van der Waals surface area (Å²) in [5.74, 6) is -0.708. The highest BCUT2D eigenvalue weighted by Crippen LogP contribution is 2.23. The van der Waals surface area contributed by atoms with Crippen molar-refractivity contribution in [2.75, 3.05) is 10.8 Å². The van der Waals surface area contributed by atoms with Crippen molar-refractivity contribution >= 4 is 23.2 Å². The van der Waals surface area contributed by atoms with Crippen LogP contribution in [0.2, 0.25) is 0 Å². The fourth-order valence-electron chi connectivity index (χ4n) is 2.04. The molecule has 0 heterocycles. The van der Waals surface area contributed by atoms with Crippen LogP contribution >= 0.6 is 11.6 Å². The third kappa shape index (κ3) is 3.17. The number of aryl methyl sites for hydroxylation is 1. The van der Waals surface area contributed by atoms with Crippen LogP contribution in [0.3, 0.4) is 0 Å². The number of halogens is 2. The summed E-state index contributed by atoms with van der Waals surface area (Å²) in [6, 6.07) is 13.9. The fraction of sp³-hybridized carbons (Fsp3) is 0.188. The molecule has 2 rings (SSSR count). The molecule has 0 aliphatic heterocycles. The van der Waals surface area contributed by atoms with E-state index >= 15 is 0 Å². The highest BCUT2D eigenvalue weighted by molar-refractivity contribution is 6.29. The first kappa shape index (κ1) is 14.5. The number of amides is 1. The summed E-state index contributed by atoms with van der Waals surface area (Å²) in [7, 11) is 0. The smallest absolute Gasteiger partial charge is 0.242 e. The van der Waals surface area contributed by atoms with Gasteiger partial charge >= 0.3 is 0 Å². The maximum atomic E-state index is 13.8. The maximum Gasteiger partial charge on any atom is 0.242 e. The molecule has 4 heteroatoms. The second-order valence-electron chi connectivity index (χ2n) is 4.49. The summed E-state index contributed by atoms with van der Waals surface area (Å²) in [5.41, 5.74) is 2.16. The van der Waals surface area contributed by atoms with E-state index in [2.05, 4.69) is 0 Å². The average molecular weight is 292 g/mol. The molecular formula is C16H15ClFNO. The standard InChI is InChI=1S/C16H15ClFNO/c1-12-6-2-5-9-15(12)19(16(20)10-17)11-13-7-3-4-8-14(13)18/h2-9H,10-11H2,1H3. The lowest BCUT2D eigenvalue weighted by atomic mass is 10.1. The van der Waals surface area contributed by atoms with Crippen molar-refractivity contribution in [1.82, 2.24) is 0 Å². The van der Waals surface area contributed by atoms with Crippen molar-refractivity contribution < 1.29 is 9.18 Å². The van der Waals surface area contributed by atoms with E-state index in [9.17, 15) is 9.18 Å². The summed E-state index contributed by atoms with van der Waals surface area (Å²) in [5, 5.41) is 0. The van der Waals surface area contributed by atoms with Gasteiger partial charge in [-0.15, -0.1) is 11.6 Å². The van der Waals surface area contributed by atoms with Gasteiger partial charge in [0.25, 0.3) is 0 Å². The molecule has 0 aliphatic rings. The lowest BCUT2D eigenvalue weighted by molar-refractivity contribution is -0.116. The molecule has 20 heavy (non-hydrogen) atoms. The molecule has 0 saturated carbocycles. The number of hydrogen-bond donors (Lipinski definition) is 0. The Morgan fingerprint density at radius 3 is 2.45 bits per heavy atom. The maximum absolute atomic E-state index is 13.8. The molecule has 0 fully saturated rings. The summed E-state index contributed by atoms with van der Waals surface area (Å²) in [6.45, 7) is 2.08. The largest absolute Gasteiger partial charge is 0.307 e. The molecule has 2 nitrogen and oxygen atoms in total. The fourth-order valence-corrected chi connectivity index (χ4v) is 2.19. The van der Waals surface area contributed by atoms with E-state index < -0.39 is 0 Å². The minimum atomic E-state index is -0.326. The van der Waals surface area contributed by atoms with Crippen LogP contribution in [0.4, 0.5) is 10.1 Å². The van der Waals surface area contributed by atoms with Crippen LogP contribution in [-0.4, -0.2) is 11.8 Å². The van der Waals surface area contributed by atoms with Crippen molar-refractivity contribution in [2.45, 2.75) is 13.5 Å². The van der Waals surface area contributed by atoms with Gasteiger partial charge in [-0.1, -0.05) is 36.4 Å². The van der Waals surface area contributed by atoms with Crippen molar-refractivity contribution in [3.05, 3.63) is 65.5 Å². The molecule has 0 unspecified atom stereocenters. The number of benzene rings is 2. The van der Waals surface area contributed by atoms with Gasteiger partial charge in [-0.2, -0.15) is 0 Å². The van der Waals surface area contributed by atoms with Gasteiger partial charge in [-0.3, -0.25) is 4.79 Å². The van der Waals surface area contributed by atoms with Crippen molar-refractivity contribution in [1.29, 1.82) is 0 Å². The van der Waals surface area contributed by atoms with E-state index in [0.717, 1.165) is 11.3 Å². The molecule has 0 N–H and O–H groups in total. The zero-order valence-electron chi connectivity index (χ0n) is 11.1. The van der Waals surface area contributed by atoms with Gasteiger partial charge in [0.1, 0.15) is 11.7 Å². The van der Waals surface area contributed by atoms with Crippen LogP contribution < -0.4 is 4.90 Å². The van der Waals surface area contributed by atoms with E-state index in [1.54, 1.807) is 18.2 Å². The molecule has 2 aromatic rings. The summed E-state index contributed by atoms with van der Waals surface area (Å²) < 4.78 is 13.8. The molecular weight excluding hydrogens is 277 g/mol. The summed E-state index contributed by atoms with van der Waals surface area (Å²) in [4.78, 5) is 13.6. The number of hydrogen-bond acceptors (Lipinski definition) is 1. The first-order chi connectivity index (χ1) is 9.63. The minimum Gasteiger partial charge on any atom is -0.307 e. The minimum absolute atomic E-state index is 0.136. The SMILES string of the molecule is Cc1ccccc1N(Cc1ccccc1F)C(=O)CCl. The molecule has 0 spiro atoms. The first-order valence-electron chi connectivity index (χ1n) is 6.29. The Morgan fingerprint density at radius 1 is 1.15 bits per heavy atom. The zero-order valence-corrected chi connectivity index (χ0v) is 11.9. The highest BCUT2D eigenvalue weighted by atomic mass is 35.5. The van der Waals surface area contributed by atoms with Gasteiger partial charge in [0.15, 0.2) is 0 Å². The number of nitrogens with zero attached hydrogens (tertiary/aromatic N) is 1. The lowest BCUT2D eigenvalue weighted by Gasteiger charge is -2.24. The van der Waals surface area contributed by atoms with E-state index in [-0.39, 0.29) is 24.1 Å². The second kappa shape index (κ2) is 6.53. The van der Waals surface area contributed by atoms with Gasteiger partial charge in [0, 0.05) is 11.3 Å². The zero-order chi connectivity index (χ0) is 14.5. The van der Waals surface area contributed by atoms with Crippen LogP contribution in [0, 0.1) is 12.7 Å². The van der Waals surface area contributed by atoms with Gasteiger partial charge in [0.05, 0.1) is 6.54 Å². The van der Waals surface area contributed by atoms with Gasteiger partial charge in [-0.05, 0) is 24.6 Å². The summed E-state index contributed by atoms with van der Waals surface area (Å²) >= 11 is 5.67. The molecule has 104 valence electrons. The van der Waals surface area contributed by atoms with E-state index in [0.29, 0.717) is 5.56 Å². The predicted octanol–water partition coefficient (Wildman–Crippen LogP) is 3.91. The number of carbonyl (C=O) groups is 1. The van der Waals surface area contributed by atoms with E-state index in [4.69, 9.17) is 11.6 Å². The van der Waals surface area contributed by atoms with Crippen molar-refractivity contribution in [3.8, 4) is 0 Å². The lowest BCUT2D eigenvalue weighted by Crippen LogP contribution is -2.32. The second-order valence-corrected chi connectivity index (χ2v) is 4.76. The molecule has 0 aromatic heterocycles. The highest BCUT2D eigenvalue weighted by Gasteiger charge is 2.18. The van der Waals surface area contributed by atoms with Crippen molar-refractivity contribution in [3.63, 3.8) is 0 Å². The number of anilines is 1. The first-order valence-corrected chi connectivity index (χ1v) is 6.82. The number of carbonyl (C=O) groups excluding carboxylic acids is 1. The Hall–Kier alpha value is -1.87. The number of para-hydroxylation sites is 1.